The van der Waals surface area contributed by atoms with Gasteiger partial charge in [0, 0.05) is 38.8 Å². The number of nitrogens with zero attached hydrogens (tertiary/aromatic N) is 2. The molecule has 0 amide bonds. The molecule has 0 radical (unpaired) electrons. The Morgan fingerprint density at radius 1 is 0.396 bits per heavy atom. The Hall–Kier alpha value is -7.17. The monoisotopic (exact) mass is 678 g/mol. The Labute approximate surface area is 304 Å². The summed E-state index contributed by atoms with van der Waals surface area (Å²) in [5, 5.41) is 9.03. The van der Waals surface area contributed by atoms with Gasteiger partial charge in [0.15, 0.2) is 5.58 Å². The van der Waals surface area contributed by atoms with Crippen LogP contribution in [-0.2, 0) is 0 Å². The summed E-state index contributed by atoms with van der Waals surface area (Å²) in [6.45, 7) is 0. The van der Waals surface area contributed by atoms with Crippen LogP contribution in [0.2, 0.25) is 0 Å². The van der Waals surface area contributed by atoms with E-state index >= 15 is 0 Å². The van der Waals surface area contributed by atoms with E-state index in [-0.39, 0.29) is 0 Å². The summed E-state index contributed by atoms with van der Waals surface area (Å²) in [6, 6.07) is 64.0. The molecular formula is C49H30N2O2. The summed E-state index contributed by atoms with van der Waals surface area (Å²) in [5.74, 6) is 0.621. The van der Waals surface area contributed by atoms with Crippen molar-refractivity contribution in [2.75, 3.05) is 4.90 Å². The maximum atomic E-state index is 6.56. The van der Waals surface area contributed by atoms with Gasteiger partial charge in [0.1, 0.15) is 16.7 Å². The number of fused-ring (bicyclic) bond motifs is 9. The molecule has 2 aromatic heterocycles. The van der Waals surface area contributed by atoms with Crippen LogP contribution in [0.4, 0.5) is 17.1 Å². The lowest BCUT2D eigenvalue weighted by Gasteiger charge is -2.26. The molecule has 0 fully saturated rings. The maximum absolute atomic E-state index is 6.56. The second-order valence-corrected chi connectivity index (χ2v) is 13.6. The molecule has 4 heteroatoms. The van der Waals surface area contributed by atoms with Crippen molar-refractivity contribution in [3.05, 3.63) is 182 Å². The Bertz CT molecular complexity index is 3180. The molecule has 4 nitrogen and oxygen atoms in total. The number of para-hydroxylation sites is 1. The van der Waals surface area contributed by atoms with Gasteiger partial charge in [0.25, 0.3) is 0 Å². The van der Waals surface area contributed by atoms with Gasteiger partial charge in [-0.3, -0.25) is 0 Å². The minimum Gasteiger partial charge on any atom is -0.456 e. The van der Waals surface area contributed by atoms with Crippen LogP contribution in [0, 0.1) is 0 Å². The van der Waals surface area contributed by atoms with Crippen molar-refractivity contribution in [1.29, 1.82) is 0 Å². The van der Waals surface area contributed by atoms with Gasteiger partial charge in [-0.15, -0.1) is 0 Å². The summed E-state index contributed by atoms with van der Waals surface area (Å²) in [7, 11) is 0. The number of oxazole rings is 1. The topological polar surface area (TPSA) is 42.4 Å². The van der Waals surface area contributed by atoms with Crippen LogP contribution in [0.25, 0.3) is 87.9 Å². The Balaban J connectivity index is 1.12. The van der Waals surface area contributed by atoms with Crippen molar-refractivity contribution in [2.24, 2.45) is 0 Å². The third kappa shape index (κ3) is 4.80. The molecule has 0 atom stereocenters. The van der Waals surface area contributed by atoms with Gasteiger partial charge < -0.3 is 13.7 Å². The smallest absolute Gasteiger partial charge is 0.227 e. The lowest BCUT2D eigenvalue weighted by molar-refractivity contribution is 0.623. The van der Waals surface area contributed by atoms with Crippen molar-refractivity contribution >= 4 is 82.4 Å². The normalized spacial score (nSPS) is 11.8. The highest BCUT2D eigenvalue weighted by Crippen LogP contribution is 2.43. The highest BCUT2D eigenvalue weighted by atomic mass is 16.3. The molecule has 9 aromatic carbocycles. The number of hydrogen-bond donors (Lipinski definition) is 0. The highest BCUT2D eigenvalue weighted by molar-refractivity contribution is 6.19. The van der Waals surface area contributed by atoms with Crippen molar-refractivity contribution in [3.8, 4) is 22.6 Å². The van der Waals surface area contributed by atoms with E-state index in [4.69, 9.17) is 13.8 Å². The van der Waals surface area contributed by atoms with Crippen molar-refractivity contribution in [1.82, 2.24) is 4.98 Å². The zero-order chi connectivity index (χ0) is 34.9. The molecule has 0 spiro atoms. The van der Waals surface area contributed by atoms with Crippen LogP contribution in [0.15, 0.2) is 191 Å². The molecule has 0 unspecified atom stereocenters. The quantitative estimate of drug-likeness (QED) is 0.170. The first kappa shape index (κ1) is 29.5. The lowest BCUT2D eigenvalue weighted by atomic mass is 9.97. The molecule has 11 rings (SSSR count). The van der Waals surface area contributed by atoms with E-state index in [1.54, 1.807) is 0 Å². The zero-order valence-corrected chi connectivity index (χ0v) is 28.5. The Kier molecular flexibility index (Phi) is 6.52. The molecule has 0 aliphatic carbocycles. The number of hydrogen-bond acceptors (Lipinski definition) is 4. The van der Waals surface area contributed by atoms with Crippen LogP contribution < -0.4 is 4.90 Å². The number of rotatable bonds is 5. The lowest BCUT2D eigenvalue weighted by Crippen LogP contribution is -2.09. The molecule has 0 bridgehead atoms. The van der Waals surface area contributed by atoms with Crippen molar-refractivity contribution in [2.45, 2.75) is 0 Å². The summed E-state index contributed by atoms with van der Waals surface area (Å²) in [6.07, 6.45) is 0. The predicted molar refractivity (Wildman–Crippen MR) is 219 cm³/mol. The number of anilines is 3. The Morgan fingerprint density at radius 2 is 1.09 bits per heavy atom. The van der Waals surface area contributed by atoms with E-state index in [0.717, 1.165) is 88.3 Å². The highest BCUT2D eigenvalue weighted by Gasteiger charge is 2.19. The first-order valence-corrected chi connectivity index (χ1v) is 17.9. The second-order valence-electron chi connectivity index (χ2n) is 13.6. The van der Waals surface area contributed by atoms with E-state index in [0.29, 0.717) is 5.89 Å². The maximum Gasteiger partial charge on any atom is 0.227 e. The molecule has 11 aromatic rings. The summed E-state index contributed by atoms with van der Waals surface area (Å²) < 4.78 is 13.1. The zero-order valence-electron chi connectivity index (χ0n) is 28.5. The first-order chi connectivity index (χ1) is 26.2. The summed E-state index contributed by atoms with van der Waals surface area (Å²) in [4.78, 5) is 7.22. The van der Waals surface area contributed by atoms with Crippen LogP contribution in [-0.4, -0.2) is 4.98 Å². The third-order valence-electron chi connectivity index (χ3n) is 10.4. The fourth-order valence-corrected chi connectivity index (χ4v) is 7.93. The largest absolute Gasteiger partial charge is 0.456 e. The van der Waals surface area contributed by atoms with Crippen LogP contribution in [0.3, 0.4) is 0 Å². The van der Waals surface area contributed by atoms with Crippen molar-refractivity contribution in [3.63, 3.8) is 0 Å². The average molecular weight is 679 g/mol. The standard InChI is InChI=1S/C49H30N2O2/c1-3-11-34(12-4-1)49-50-43-26-23-33-20-19-32-22-24-38(29-41(32)46(33)48(43)53-49)51(37-14-5-2-6-15-37)39-25-27-44-42(30-39)47-40(16-9-17-45(47)52-44)36-21-18-31-10-7-8-13-35(31)28-36/h1-30H. The van der Waals surface area contributed by atoms with Gasteiger partial charge in [0.05, 0.1) is 0 Å². The van der Waals surface area contributed by atoms with Crippen molar-refractivity contribution < 1.29 is 8.83 Å². The average Bonchev–Trinajstić information content (AvgIpc) is 3.83. The van der Waals surface area contributed by atoms with Crippen LogP contribution in [0.5, 0.6) is 0 Å². The second kappa shape index (κ2) is 11.7. The van der Waals surface area contributed by atoms with E-state index in [1.165, 1.54) is 10.8 Å². The van der Waals surface area contributed by atoms with Crippen LogP contribution >= 0.6 is 0 Å². The fourth-order valence-electron chi connectivity index (χ4n) is 7.93. The molecule has 0 N–H and O–H groups in total. The van der Waals surface area contributed by atoms with E-state index in [1.807, 2.05) is 30.3 Å². The SMILES string of the molecule is c1ccc(-c2nc3ccc4ccc5ccc(N(c6ccccc6)c6ccc7oc8cccc(-c9ccc%10ccccc%10c9)c8c7c6)cc5c4c3o2)cc1. The van der Waals surface area contributed by atoms with E-state index < -0.39 is 0 Å². The van der Waals surface area contributed by atoms with Gasteiger partial charge in [0.2, 0.25) is 5.89 Å². The molecular weight excluding hydrogens is 649 g/mol. The number of aromatic nitrogens is 1. The van der Waals surface area contributed by atoms with Crippen LogP contribution in [0.1, 0.15) is 0 Å². The molecule has 0 aliphatic heterocycles. The Morgan fingerprint density at radius 3 is 1.96 bits per heavy atom. The minimum atomic E-state index is 0.621. The first-order valence-electron chi connectivity index (χ1n) is 17.9. The summed E-state index contributed by atoms with van der Waals surface area (Å²) in [5.41, 5.74) is 9.78. The summed E-state index contributed by atoms with van der Waals surface area (Å²) >= 11 is 0. The molecule has 2 heterocycles. The predicted octanol–water partition coefficient (Wildman–Crippen LogP) is 14.0. The molecule has 53 heavy (non-hydrogen) atoms. The van der Waals surface area contributed by atoms with Gasteiger partial charge in [-0.05, 0) is 111 Å². The number of benzene rings is 9. The van der Waals surface area contributed by atoms with Gasteiger partial charge in [-0.25, -0.2) is 4.98 Å². The minimum absolute atomic E-state index is 0.621. The third-order valence-corrected chi connectivity index (χ3v) is 10.4. The van der Waals surface area contributed by atoms with E-state index in [9.17, 15) is 0 Å². The number of furan rings is 1. The molecule has 0 aliphatic rings. The van der Waals surface area contributed by atoms with Gasteiger partial charge in [-0.1, -0.05) is 109 Å². The molecule has 0 saturated carbocycles. The van der Waals surface area contributed by atoms with Gasteiger partial charge in [-0.2, -0.15) is 0 Å². The fraction of sp³-hybridized carbons (Fsp3) is 0. The molecule has 248 valence electrons. The molecule has 0 saturated heterocycles. The van der Waals surface area contributed by atoms with Gasteiger partial charge >= 0.3 is 0 Å². The van der Waals surface area contributed by atoms with E-state index in [2.05, 4.69) is 157 Å².